The summed E-state index contributed by atoms with van der Waals surface area (Å²) in [6.45, 7) is -0.420. The smallest absolute Gasteiger partial charge is 0.326 e. The van der Waals surface area contributed by atoms with Gasteiger partial charge in [-0.1, -0.05) is 0 Å². The van der Waals surface area contributed by atoms with E-state index in [9.17, 15) is 28.8 Å². The molecule has 0 aromatic rings. The summed E-state index contributed by atoms with van der Waals surface area (Å²) in [6.07, 6.45) is -0.689. The van der Waals surface area contributed by atoms with Gasteiger partial charge in [0.1, 0.15) is 12.1 Å². The van der Waals surface area contributed by atoms with E-state index < -0.39 is 66.7 Å². The highest BCUT2D eigenvalue weighted by Gasteiger charge is 2.25. The molecule has 0 rings (SSSR count). The van der Waals surface area contributed by atoms with E-state index in [1.54, 1.807) is 0 Å². The molecule has 3 atom stereocenters. The molecular formula is C18H32N8O8. The number of rotatable bonds is 17. The van der Waals surface area contributed by atoms with Crippen molar-refractivity contribution in [1.82, 2.24) is 16.0 Å². The SMILES string of the molecule is NC(=O)CCC(NC(=O)C(N)CCCN=C(N)N)C(=O)NCC(=O)NC(CCC(=O)O)C(=O)O. The van der Waals surface area contributed by atoms with Crippen LogP contribution in [-0.2, 0) is 28.8 Å². The van der Waals surface area contributed by atoms with Crippen molar-refractivity contribution in [2.75, 3.05) is 13.1 Å². The van der Waals surface area contributed by atoms with Crippen molar-refractivity contribution >= 4 is 41.5 Å². The van der Waals surface area contributed by atoms with Crippen LogP contribution in [0.2, 0.25) is 0 Å². The van der Waals surface area contributed by atoms with Gasteiger partial charge < -0.3 is 49.1 Å². The standard InChI is InChI=1S/C18H32N8O8/c19-9(2-1-7-23-18(21)22)15(31)26-10(3-5-12(20)27)16(32)24-8-13(28)25-11(17(33)34)4-6-14(29)30/h9-11H,1-8,19H2,(H2,20,27)(H,24,32)(H,25,28)(H,26,31)(H,29,30)(H,33,34)(H4,21,22,23). The predicted octanol–water partition coefficient (Wildman–Crippen LogP) is -4.33. The molecule has 16 heteroatoms. The van der Waals surface area contributed by atoms with Crippen LogP contribution in [0, 0.1) is 0 Å². The van der Waals surface area contributed by atoms with Gasteiger partial charge in [0.05, 0.1) is 12.6 Å². The van der Waals surface area contributed by atoms with Gasteiger partial charge in [-0.2, -0.15) is 0 Å². The third kappa shape index (κ3) is 14.2. The predicted molar refractivity (Wildman–Crippen MR) is 118 cm³/mol. The molecule has 0 heterocycles. The third-order valence-electron chi connectivity index (χ3n) is 4.32. The van der Waals surface area contributed by atoms with Crippen molar-refractivity contribution in [3.63, 3.8) is 0 Å². The van der Waals surface area contributed by atoms with Crippen LogP contribution in [0.3, 0.4) is 0 Å². The number of nitrogens with one attached hydrogen (secondary N) is 3. The summed E-state index contributed by atoms with van der Waals surface area (Å²) in [5, 5.41) is 24.4. The summed E-state index contributed by atoms with van der Waals surface area (Å²) in [7, 11) is 0. The van der Waals surface area contributed by atoms with Crippen LogP contribution >= 0.6 is 0 Å². The summed E-state index contributed by atoms with van der Waals surface area (Å²) >= 11 is 0. The first kappa shape index (κ1) is 30.1. The molecule has 0 bridgehead atoms. The average molecular weight is 489 g/mol. The van der Waals surface area contributed by atoms with Gasteiger partial charge in [0, 0.05) is 19.4 Å². The Morgan fingerprint density at radius 3 is 1.97 bits per heavy atom. The van der Waals surface area contributed by atoms with E-state index in [1.807, 2.05) is 0 Å². The second kappa shape index (κ2) is 15.8. The normalized spacial score (nSPS) is 13.0. The number of carbonyl (C=O) groups excluding carboxylic acids is 4. The lowest BCUT2D eigenvalue weighted by atomic mass is 10.1. The highest BCUT2D eigenvalue weighted by Crippen LogP contribution is 2.02. The molecule has 0 saturated heterocycles. The molecule has 0 aromatic carbocycles. The van der Waals surface area contributed by atoms with Gasteiger partial charge in [-0.25, -0.2) is 4.79 Å². The zero-order chi connectivity index (χ0) is 26.3. The lowest BCUT2D eigenvalue weighted by Crippen LogP contribution is -2.53. The fraction of sp³-hybridized carbons (Fsp3) is 0.611. The van der Waals surface area contributed by atoms with Crippen molar-refractivity contribution in [2.24, 2.45) is 27.9 Å². The van der Waals surface area contributed by atoms with Crippen LogP contribution in [0.1, 0.15) is 38.5 Å². The number of carbonyl (C=O) groups is 6. The van der Waals surface area contributed by atoms with Crippen LogP contribution in [-0.4, -0.2) is 83.0 Å². The fourth-order valence-electron chi connectivity index (χ4n) is 2.55. The lowest BCUT2D eigenvalue weighted by Gasteiger charge is -2.20. The number of hydrogen-bond donors (Lipinski definition) is 9. The van der Waals surface area contributed by atoms with Crippen molar-refractivity contribution in [3.8, 4) is 0 Å². The number of aliphatic imine (C=N–C) groups is 1. The summed E-state index contributed by atoms with van der Waals surface area (Å²) in [4.78, 5) is 73.3. The molecule has 0 saturated carbocycles. The maximum atomic E-state index is 12.4. The summed E-state index contributed by atoms with van der Waals surface area (Å²) < 4.78 is 0. The first-order valence-electron chi connectivity index (χ1n) is 10.2. The number of carboxylic acid groups (broad SMARTS) is 2. The van der Waals surface area contributed by atoms with Gasteiger partial charge in [0.2, 0.25) is 23.6 Å². The Labute approximate surface area is 194 Å². The van der Waals surface area contributed by atoms with E-state index in [-0.39, 0.29) is 38.2 Å². The van der Waals surface area contributed by atoms with E-state index in [4.69, 9.17) is 33.1 Å². The van der Waals surface area contributed by atoms with Crippen LogP contribution in [0.25, 0.3) is 0 Å². The molecule has 3 unspecified atom stereocenters. The molecule has 13 N–H and O–H groups in total. The molecule has 0 aromatic heterocycles. The lowest BCUT2D eigenvalue weighted by molar-refractivity contribution is -0.143. The van der Waals surface area contributed by atoms with Gasteiger partial charge in [-0.15, -0.1) is 0 Å². The largest absolute Gasteiger partial charge is 0.481 e. The summed E-state index contributed by atoms with van der Waals surface area (Å²) in [6, 6.07) is -3.73. The minimum Gasteiger partial charge on any atom is -0.481 e. The van der Waals surface area contributed by atoms with Crippen LogP contribution in [0.5, 0.6) is 0 Å². The minimum atomic E-state index is -1.47. The average Bonchev–Trinajstić information content (AvgIpc) is 2.74. The fourth-order valence-corrected chi connectivity index (χ4v) is 2.55. The molecule has 16 nitrogen and oxygen atoms in total. The maximum absolute atomic E-state index is 12.4. The Bertz CT molecular complexity index is 784. The molecule has 0 radical (unpaired) electrons. The quantitative estimate of drug-likeness (QED) is 0.0535. The highest BCUT2D eigenvalue weighted by atomic mass is 16.4. The van der Waals surface area contributed by atoms with E-state index >= 15 is 0 Å². The van der Waals surface area contributed by atoms with Crippen molar-refractivity contribution in [2.45, 2.75) is 56.7 Å². The molecule has 4 amide bonds. The number of aliphatic carboxylic acids is 2. The van der Waals surface area contributed by atoms with E-state index in [0.29, 0.717) is 6.42 Å². The molecule has 0 aliphatic carbocycles. The Morgan fingerprint density at radius 2 is 1.44 bits per heavy atom. The van der Waals surface area contributed by atoms with Crippen LogP contribution in [0.4, 0.5) is 0 Å². The number of amides is 4. The Hall–Kier alpha value is -3.95. The monoisotopic (exact) mass is 488 g/mol. The number of guanidine groups is 1. The summed E-state index contributed by atoms with van der Waals surface area (Å²) in [5.74, 6) is -5.95. The molecular weight excluding hydrogens is 456 g/mol. The molecule has 34 heavy (non-hydrogen) atoms. The Kier molecular flexibility index (Phi) is 14.0. The second-order valence-corrected chi connectivity index (χ2v) is 7.23. The number of nitrogens with two attached hydrogens (primary N) is 4. The first-order valence-corrected chi connectivity index (χ1v) is 10.2. The molecule has 0 fully saturated rings. The van der Waals surface area contributed by atoms with Gasteiger partial charge >= 0.3 is 11.9 Å². The van der Waals surface area contributed by atoms with E-state index in [2.05, 4.69) is 20.9 Å². The van der Waals surface area contributed by atoms with Crippen molar-refractivity contribution in [1.29, 1.82) is 0 Å². The topological polar surface area (TPSA) is 295 Å². The number of hydrogen-bond acceptors (Lipinski definition) is 8. The van der Waals surface area contributed by atoms with E-state index in [0.717, 1.165) is 0 Å². The minimum absolute atomic E-state index is 0.109. The number of nitrogens with zero attached hydrogens (tertiary/aromatic N) is 1. The third-order valence-corrected chi connectivity index (χ3v) is 4.32. The summed E-state index contributed by atoms with van der Waals surface area (Å²) in [5.41, 5.74) is 21.3. The molecule has 0 spiro atoms. The Balaban J connectivity index is 4.89. The zero-order valence-corrected chi connectivity index (χ0v) is 18.5. The van der Waals surface area contributed by atoms with Crippen molar-refractivity contribution in [3.05, 3.63) is 0 Å². The van der Waals surface area contributed by atoms with Crippen LogP contribution in [0.15, 0.2) is 4.99 Å². The number of carboxylic acids is 2. The second-order valence-electron chi connectivity index (χ2n) is 7.23. The van der Waals surface area contributed by atoms with Gasteiger partial charge in [0.25, 0.3) is 0 Å². The number of primary amides is 1. The molecule has 0 aliphatic heterocycles. The van der Waals surface area contributed by atoms with Gasteiger partial charge in [0.15, 0.2) is 5.96 Å². The maximum Gasteiger partial charge on any atom is 0.326 e. The highest BCUT2D eigenvalue weighted by molar-refractivity contribution is 5.93. The molecule has 0 aliphatic rings. The van der Waals surface area contributed by atoms with E-state index in [1.165, 1.54) is 0 Å². The Morgan fingerprint density at radius 1 is 0.824 bits per heavy atom. The van der Waals surface area contributed by atoms with Gasteiger partial charge in [-0.05, 0) is 25.7 Å². The van der Waals surface area contributed by atoms with Crippen LogP contribution < -0.4 is 38.9 Å². The molecule has 192 valence electrons. The first-order chi connectivity index (χ1) is 15.8. The van der Waals surface area contributed by atoms with Gasteiger partial charge in [-0.3, -0.25) is 29.0 Å². The zero-order valence-electron chi connectivity index (χ0n) is 18.5. The van der Waals surface area contributed by atoms with Crippen molar-refractivity contribution < 1.29 is 39.0 Å².